The number of nitrogens with one attached hydrogen (secondary N) is 1. The van der Waals surface area contributed by atoms with Gasteiger partial charge in [-0.3, -0.25) is 4.90 Å². The second-order valence-corrected chi connectivity index (χ2v) is 5.86. The molecule has 1 atom stereocenters. The van der Waals surface area contributed by atoms with Gasteiger partial charge in [-0.15, -0.1) is 0 Å². The third-order valence-electron chi connectivity index (χ3n) is 4.22. The van der Waals surface area contributed by atoms with Gasteiger partial charge in [0, 0.05) is 32.2 Å². The van der Waals surface area contributed by atoms with Crippen LogP contribution in [0.1, 0.15) is 17.5 Å². The van der Waals surface area contributed by atoms with Crippen LogP contribution >= 0.6 is 0 Å². The Morgan fingerprint density at radius 1 is 1.00 bits per heavy atom. The van der Waals surface area contributed by atoms with Crippen molar-refractivity contribution < 1.29 is 0 Å². The lowest BCUT2D eigenvalue weighted by molar-refractivity contribution is 0.154. The van der Waals surface area contributed by atoms with Crippen molar-refractivity contribution in [3.63, 3.8) is 0 Å². The fourth-order valence-electron chi connectivity index (χ4n) is 2.99. The highest BCUT2D eigenvalue weighted by atomic mass is 15.2. The van der Waals surface area contributed by atoms with Gasteiger partial charge in [-0.1, -0.05) is 72.8 Å². The zero-order valence-electron chi connectivity index (χ0n) is 13.0. The summed E-state index contributed by atoms with van der Waals surface area (Å²) in [5.41, 5.74) is 2.68. The van der Waals surface area contributed by atoms with Crippen molar-refractivity contribution in [1.82, 2.24) is 10.2 Å². The molecule has 1 heterocycles. The number of hydrogen-bond acceptors (Lipinski definition) is 2. The Kier molecular flexibility index (Phi) is 5.41. The summed E-state index contributed by atoms with van der Waals surface area (Å²) in [7, 11) is 0. The molecule has 1 N–H and O–H groups in total. The number of nitrogens with zero attached hydrogens (tertiary/aromatic N) is 1. The van der Waals surface area contributed by atoms with Crippen LogP contribution in [-0.4, -0.2) is 30.6 Å². The van der Waals surface area contributed by atoms with E-state index in [0.29, 0.717) is 6.04 Å². The Bertz CT molecular complexity index is 577. The minimum atomic E-state index is 0.578. The molecule has 2 aromatic carbocycles. The van der Waals surface area contributed by atoms with E-state index in [1.165, 1.54) is 11.1 Å². The summed E-state index contributed by atoms with van der Waals surface area (Å²) in [5, 5.41) is 3.52. The van der Waals surface area contributed by atoms with Gasteiger partial charge in [0.1, 0.15) is 0 Å². The van der Waals surface area contributed by atoms with Crippen molar-refractivity contribution in [3.05, 3.63) is 77.9 Å². The predicted octanol–water partition coefficient (Wildman–Crippen LogP) is 3.56. The standard InChI is InChI=1S/C20H24N2/c1-3-8-18(9-4-1)12-7-13-20-16-21-14-15-22(20)17-19-10-5-2-6-11-19/h1-12,20-21H,13-17H2/b12-7+. The van der Waals surface area contributed by atoms with Gasteiger partial charge in [0.2, 0.25) is 0 Å². The van der Waals surface area contributed by atoms with Gasteiger partial charge in [0.25, 0.3) is 0 Å². The molecule has 0 spiro atoms. The SMILES string of the molecule is C(=C\c1ccccc1)/CC1CNCCN1Cc1ccccc1. The fraction of sp³-hybridized carbons (Fsp3) is 0.300. The van der Waals surface area contributed by atoms with Gasteiger partial charge >= 0.3 is 0 Å². The lowest BCUT2D eigenvalue weighted by Crippen LogP contribution is -2.50. The van der Waals surface area contributed by atoms with Gasteiger partial charge < -0.3 is 5.32 Å². The van der Waals surface area contributed by atoms with Crippen molar-refractivity contribution in [2.75, 3.05) is 19.6 Å². The highest BCUT2D eigenvalue weighted by Crippen LogP contribution is 2.14. The van der Waals surface area contributed by atoms with Gasteiger partial charge in [-0.05, 0) is 17.5 Å². The fourth-order valence-corrected chi connectivity index (χ4v) is 2.99. The molecule has 1 unspecified atom stereocenters. The van der Waals surface area contributed by atoms with E-state index in [-0.39, 0.29) is 0 Å². The summed E-state index contributed by atoms with van der Waals surface area (Å²) in [6, 6.07) is 21.9. The number of hydrogen-bond donors (Lipinski definition) is 1. The molecule has 1 saturated heterocycles. The topological polar surface area (TPSA) is 15.3 Å². The molecule has 3 rings (SSSR count). The second-order valence-electron chi connectivity index (χ2n) is 5.86. The lowest BCUT2D eigenvalue weighted by atomic mass is 10.1. The van der Waals surface area contributed by atoms with Crippen molar-refractivity contribution in [1.29, 1.82) is 0 Å². The number of rotatable bonds is 5. The first-order chi connectivity index (χ1) is 10.9. The van der Waals surface area contributed by atoms with E-state index in [0.717, 1.165) is 32.6 Å². The molecule has 1 aliphatic rings. The van der Waals surface area contributed by atoms with Crippen LogP contribution in [0.4, 0.5) is 0 Å². The van der Waals surface area contributed by atoms with Crippen LogP contribution in [-0.2, 0) is 6.54 Å². The van der Waals surface area contributed by atoms with E-state index in [1.807, 2.05) is 0 Å². The summed E-state index contributed by atoms with van der Waals surface area (Å²) in [4.78, 5) is 2.60. The third kappa shape index (κ3) is 4.30. The molecule has 0 radical (unpaired) electrons. The highest BCUT2D eigenvalue weighted by Gasteiger charge is 2.20. The molecular formula is C20H24N2. The molecular weight excluding hydrogens is 268 g/mol. The van der Waals surface area contributed by atoms with Crippen molar-refractivity contribution >= 4 is 6.08 Å². The summed E-state index contributed by atoms with van der Waals surface area (Å²) in [5.74, 6) is 0. The maximum Gasteiger partial charge on any atom is 0.0259 e. The molecule has 0 aromatic heterocycles. The first-order valence-corrected chi connectivity index (χ1v) is 8.12. The lowest BCUT2D eigenvalue weighted by Gasteiger charge is -2.35. The van der Waals surface area contributed by atoms with Crippen LogP contribution < -0.4 is 5.32 Å². The Morgan fingerprint density at radius 2 is 1.73 bits per heavy atom. The highest BCUT2D eigenvalue weighted by molar-refractivity contribution is 5.48. The number of piperazine rings is 1. The Balaban J connectivity index is 1.59. The summed E-state index contributed by atoms with van der Waals surface area (Å²) >= 11 is 0. The van der Waals surface area contributed by atoms with Crippen LogP contribution in [0.5, 0.6) is 0 Å². The maximum atomic E-state index is 3.52. The van der Waals surface area contributed by atoms with E-state index in [1.54, 1.807) is 0 Å². The molecule has 0 amide bonds. The molecule has 0 aliphatic carbocycles. The normalized spacial score (nSPS) is 19.5. The van der Waals surface area contributed by atoms with Crippen molar-refractivity contribution in [2.24, 2.45) is 0 Å². The van der Waals surface area contributed by atoms with Crippen molar-refractivity contribution in [2.45, 2.75) is 19.0 Å². The monoisotopic (exact) mass is 292 g/mol. The quantitative estimate of drug-likeness (QED) is 0.906. The molecule has 1 fully saturated rings. The van der Waals surface area contributed by atoms with Gasteiger partial charge in [0.05, 0.1) is 0 Å². The second kappa shape index (κ2) is 7.92. The van der Waals surface area contributed by atoms with Crippen LogP contribution in [0.25, 0.3) is 6.08 Å². The predicted molar refractivity (Wildman–Crippen MR) is 93.6 cm³/mol. The van der Waals surface area contributed by atoms with E-state index < -0.39 is 0 Å². The molecule has 2 heteroatoms. The molecule has 2 nitrogen and oxygen atoms in total. The van der Waals surface area contributed by atoms with E-state index >= 15 is 0 Å². The van der Waals surface area contributed by atoms with E-state index in [9.17, 15) is 0 Å². The summed E-state index contributed by atoms with van der Waals surface area (Å²) < 4.78 is 0. The average molecular weight is 292 g/mol. The molecule has 0 saturated carbocycles. The molecule has 22 heavy (non-hydrogen) atoms. The van der Waals surface area contributed by atoms with Crippen LogP contribution in [0.3, 0.4) is 0 Å². The maximum absolute atomic E-state index is 3.52. The largest absolute Gasteiger partial charge is 0.314 e. The summed E-state index contributed by atoms with van der Waals surface area (Å²) in [6.07, 6.45) is 5.63. The van der Waals surface area contributed by atoms with Gasteiger partial charge in [-0.25, -0.2) is 0 Å². The zero-order valence-corrected chi connectivity index (χ0v) is 13.0. The minimum absolute atomic E-state index is 0.578. The smallest absolute Gasteiger partial charge is 0.0259 e. The average Bonchev–Trinajstić information content (AvgIpc) is 2.58. The molecule has 0 bridgehead atoms. The van der Waals surface area contributed by atoms with Gasteiger partial charge in [-0.2, -0.15) is 0 Å². The van der Waals surface area contributed by atoms with Crippen LogP contribution in [0.15, 0.2) is 66.7 Å². The first-order valence-electron chi connectivity index (χ1n) is 8.12. The molecule has 114 valence electrons. The van der Waals surface area contributed by atoms with E-state index in [2.05, 4.69) is 83.0 Å². The summed E-state index contributed by atoms with van der Waals surface area (Å²) in [6.45, 7) is 4.34. The Morgan fingerprint density at radius 3 is 2.50 bits per heavy atom. The Labute approximate surface area is 133 Å². The van der Waals surface area contributed by atoms with Gasteiger partial charge in [0.15, 0.2) is 0 Å². The first kappa shape index (κ1) is 15.0. The number of benzene rings is 2. The molecule has 1 aliphatic heterocycles. The Hall–Kier alpha value is -1.90. The van der Waals surface area contributed by atoms with Crippen LogP contribution in [0, 0.1) is 0 Å². The minimum Gasteiger partial charge on any atom is -0.314 e. The van der Waals surface area contributed by atoms with Crippen molar-refractivity contribution in [3.8, 4) is 0 Å². The van der Waals surface area contributed by atoms with Crippen LogP contribution in [0.2, 0.25) is 0 Å². The third-order valence-corrected chi connectivity index (χ3v) is 4.22. The van der Waals surface area contributed by atoms with E-state index in [4.69, 9.17) is 0 Å². The zero-order chi connectivity index (χ0) is 15.0. The molecule has 2 aromatic rings.